The Labute approximate surface area is 161 Å². The Hall–Kier alpha value is -2.24. The summed E-state index contributed by atoms with van der Waals surface area (Å²) in [5.74, 6) is 0.637. The second-order valence-electron chi connectivity index (χ2n) is 7.70. The van der Waals surface area contributed by atoms with Crippen molar-refractivity contribution >= 4 is 5.91 Å². The molecule has 1 saturated heterocycles. The summed E-state index contributed by atoms with van der Waals surface area (Å²) in [7, 11) is 0. The Kier molecular flexibility index (Phi) is 5.80. The molecule has 5 nitrogen and oxygen atoms in total. The normalized spacial score (nSPS) is 19.6. The third-order valence-electron chi connectivity index (χ3n) is 5.67. The molecule has 1 atom stereocenters. The van der Waals surface area contributed by atoms with E-state index in [1.165, 1.54) is 17.5 Å². The maximum atomic E-state index is 12.5. The van der Waals surface area contributed by atoms with Crippen molar-refractivity contribution in [1.29, 1.82) is 0 Å². The topological polar surface area (TPSA) is 57.3 Å². The minimum atomic E-state index is -0.0219. The summed E-state index contributed by atoms with van der Waals surface area (Å²) in [6.07, 6.45) is 6.85. The van der Waals surface area contributed by atoms with Gasteiger partial charge in [0, 0.05) is 38.6 Å². The molecule has 0 aliphatic carbocycles. The third kappa shape index (κ3) is 4.73. The van der Waals surface area contributed by atoms with Crippen LogP contribution in [0.3, 0.4) is 0 Å². The number of aromatic nitrogens is 1. The van der Waals surface area contributed by atoms with Gasteiger partial charge in [-0.15, -0.1) is 0 Å². The quantitative estimate of drug-likeness (QED) is 0.823. The van der Waals surface area contributed by atoms with Crippen LogP contribution in [0.15, 0.2) is 42.7 Å². The Bertz CT molecular complexity index is 785. The van der Waals surface area contributed by atoms with E-state index in [2.05, 4.69) is 44.8 Å². The predicted molar refractivity (Wildman–Crippen MR) is 107 cm³/mol. The largest absolute Gasteiger partial charge is 0.351 e. The Morgan fingerprint density at radius 2 is 2.15 bits per heavy atom. The van der Waals surface area contributed by atoms with Crippen LogP contribution in [0.5, 0.6) is 0 Å². The summed E-state index contributed by atoms with van der Waals surface area (Å²) in [5.41, 5.74) is 4.69. The van der Waals surface area contributed by atoms with E-state index < -0.39 is 0 Å². The maximum Gasteiger partial charge on any atom is 0.252 e. The third-order valence-corrected chi connectivity index (χ3v) is 5.67. The molecule has 1 unspecified atom stereocenters. The van der Waals surface area contributed by atoms with Gasteiger partial charge in [-0.3, -0.25) is 14.7 Å². The van der Waals surface area contributed by atoms with Crippen LogP contribution in [-0.4, -0.2) is 48.5 Å². The van der Waals surface area contributed by atoms with E-state index >= 15 is 0 Å². The molecule has 2 aromatic rings. The van der Waals surface area contributed by atoms with Crippen LogP contribution in [0.2, 0.25) is 0 Å². The van der Waals surface area contributed by atoms with Crippen LogP contribution in [0.1, 0.15) is 33.5 Å². The molecule has 4 rings (SSSR count). The molecule has 2 aliphatic heterocycles. The summed E-state index contributed by atoms with van der Waals surface area (Å²) < 4.78 is 0. The number of hydrogen-bond acceptors (Lipinski definition) is 4. The van der Waals surface area contributed by atoms with E-state index in [-0.39, 0.29) is 5.91 Å². The SMILES string of the molecule is O=C(NCCN1CCc2ccccc2C1)c1cncc(CC2CCNC2)c1. The summed E-state index contributed by atoms with van der Waals surface area (Å²) in [4.78, 5) is 19.2. The summed E-state index contributed by atoms with van der Waals surface area (Å²) in [6, 6.07) is 10.6. The van der Waals surface area contributed by atoms with E-state index in [4.69, 9.17) is 0 Å². The lowest BCUT2D eigenvalue weighted by Gasteiger charge is -2.28. The Morgan fingerprint density at radius 3 is 3.00 bits per heavy atom. The van der Waals surface area contributed by atoms with Crippen LogP contribution in [0.25, 0.3) is 0 Å². The molecule has 2 aliphatic rings. The van der Waals surface area contributed by atoms with E-state index in [9.17, 15) is 4.79 Å². The minimum absolute atomic E-state index is 0.0219. The van der Waals surface area contributed by atoms with Gasteiger partial charge in [-0.2, -0.15) is 0 Å². The molecule has 142 valence electrons. The van der Waals surface area contributed by atoms with Crippen molar-refractivity contribution in [1.82, 2.24) is 20.5 Å². The first-order valence-electron chi connectivity index (χ1n) is 10.00. The highest BCUT2D eigenvalue weighted by molar-refractivity contribution is 5.94. The zero-order valence-electron chi connectivity index (χ0n) is 15.8. The van der Waals surface area contributed by atoms with E-state index in [0.717, 1.165) is 51.1 Å². The Morgan fingerprint density at radius 1 is 1.26 bits per heavy atom. The fraction of sp³-hybridized carbons (Fsp3) is 0.455. The van der Waals surface area contributed by atoms with Crippen molar-refractivity contribution in [2.24, 2.45) is 5.92 Å². The van der Waals surface area contributed by atoms with Crippen LogP contribution in [0, 0.1) is 5.92 Å². The molecule has 0 spiro atoms. The Balaban J connectivity index is 1.26. The van der Waals surface area contributed by atoms with E-state index in [1.54, 1.807) is 6.20 Å². The van der Waals surface area contributed by atoms with Gasteiger partial charge >= 0.3 is 0 Å². The highest BCUT2D eigenvalue weighted by atomic mass is 16.1. The first kappa shape index (κ1) is 18.1. The molecule has 1 aromatic heterocycles. The van der Waals surface area contributed by atoms with Crippen molar-refractivity contribution in [3.63, 3.8) is 0 Å². The van der Waals surface area contributed by atoms with Crippen molar-refractivity contribution in [3.8, 4) is 0 Å². The molecule has 2 N–H and O–H groups in total. The highest BCUT2D eigenvalue weighted by Crippen LogP contribution is 2.18. The lowest BCUT2D eigenvalue weighted by Crippen LogP contribution is -2.37. The van der Waals surface area contributed by atoms with Gasteiger partial charge < -0.3 is 10.6 Å². The van der Waals surface area contributed by atoms with Gasteiger partial charge in [0.15, 0.2) is 0 Å². The number of nitrogens with zero attached hydrogens (tertiary/aromatic N) is 2. The molecular formula is C22H28N4O. The fourth-order valence-corrected chi connectivity index (χ4v) is 4.12. The summed E-state index contributed by atoms with van der Waals surface area (Å²) in [5, 5.41) is 6.45. The number of amides is 1. The van der Waals surface area contributed by atoms with Crippen molar-refractivity contribution < 1.29 is 4.79 Å². The zero-order chi connectivity index (χ0) is 18.5. The molecule has 0 saturated carbocycles. The van der Waals surface area contributed by atoms with Crippen LogP contribution < -0.4 is 10.6 Å². The lowest BCUT2D eigenvalue weighted by molar-refractivity contribution is 0.0947. The predicted octanol–water partition coefficient (Wildman–Crippen LogP) is 2.02. The summed E-state index contributed by atoms with van der Waals surface area (Å²) in [6.45, 7) is 5.73. The van der Waals surface area contributed by atoms with Crippen molar-refractivity contribution in [2.75, 3.05) is 32.7 Å². The van der Waals surface area contributed by atoms with E-state index in [1.807, 2.05) is 12.3 Å². The molecule has 1 fully saturated rings. The van der Waals surface area contributed by atoms with Gasteiger partial charge in [-0.1, -0.05) is 24.3 Å². The van der Waals surface area contributed by atoms with Gasteiger partial charge in [-0.05, 0) is 61.0 Å². The van der Waals surface area contributed by atoms with Gasteiger partial charge in [-0.25, -0.2) is 0 Å². The molecule has 1 aromatic carbocycles. The molecule has 27 heavy (non-hydrogen) atoms. The lowest BCUT2D eigenvalue weighted by atomic mass is 9.99. The van der Waals surface area contributed by atoms with Gasteiger partial charge in [0.2, 0.25) is 0 Å². The first-order chi connectivity index (χ1) is 13.3. The number of rotatable bonds is 6. The molecule has 0 bridgehead atoms. The highest BCUT2D eigenvalue weighted by Gasteiger charge is 2.17. The average molecular weight is 364 g/mol. The van der Waals surface area contributed by atoms with Gasteiger partial charge in [0.05, 0.1) is 5.56 Å². The standard InChI is InChI=1S/C22H28N4O/c27-22(21-12-18(14-24-15-21)11-17-5-7-23-13-17)25-8-10-26-9-6-19-3-1-2-4-20(19)16-26/h1-4,12,14-15,17,23H,5-11,13,16H2,(H,25,27). The zero-order valence-corrected chi connectivity index (χ0v) is 15.8. The second-order valence-corrected chi connectivity index (χ2v) is 7.70. The number of pyridine rings is 1. The van der Waals surface area contributed by atoms with Crippen LogP contribution in [0.4, 0.5) is 0 Å². The van der Waals surface area contributed by atoms with E-state index in [0.29, 0.717) is 18.0 Å². The molecule has 1 amide bonds. The number of benzene rings is 1. The monoisotopic (exact) mass is 364 g/mol. The molecule has 5 heteroatoms. The number of hydrogen-bond donors (Lipinski definition) is 2. The molecular weight excluding hydrogens is 336 g/mol. The number of nitrogens with one attached hydrogen (secondary N) is 2. The van der Waals surface area contributed by atoms with Gasteiger partial charge in [0.1, 0.15) is 0 Å². The molecule has 3 heterocycles. The van der Waals surface area contributed by atoms with Gasteiger partial charge in [0.25, 0.3) is 5.91 Å². The fourth-order valence-electron chi connectivity index (χ4n) is 4.12. The van der Waals surface area contributed by atoms with Crippen LogP contribution >= 0.6 is 0 Å². The number of carbonyl (C=O) groups excluding carboxylic acids is 1. The van der Waals surface area contributed by atoms with Crippen LogP contribution in [-0.2, 0) is 19.4 Å². The first-order valence-corrected chi connectivity index (χ1v) is 10.00. The average Bonchev–Trinajstić information content (AvgIpc) is 3.21. The summed E-state index contributed by atoms with van der Waals surface area (Å²) >= 11 is 0. The number of carbonyl (C=O) groups is 1. The minimum Gasteiger partial charge on any atom is -0.351 e. The number of fused-ring (bicyclic) bond motifs is 1. The maximum absolute atomic E-state index is 12.5. The molecule has 0 radical (unpaired) electrons. The van der Waals surface area contributed by atoms with Crippen molar-refractivity contribution in [3.05, 3.63) is 65.0 Å². The second kappa shape index (κ2) is 8.63. The van der Waals surface area contributed by atoms with Crippen molar-refractivity contribution in [2.45, 2.75) is 25.8 Å². The smallest absolute Gasteiger partial charge is 0.252 e.